The molecule has 0 bridgehead atoms. The molecular formula is C21H17NO7. The van der Waals surface area contributed by atoms with Gasteiger partial charge >= 0.3 is 5.97 Å². The molecule has 0 atom stereocenters. The lowest BCUT2D eigenvalue weighted by Crippen LogP contribution is -2.33. The number of Topliss-reactive ketones (excluding diaryl/α,β-unsaturated/α-hetero) is 1. The smallest absolute Gasteiger partial charge is 0.307 e. The lowest BCUT2D eigenvalue weighted by molar-refractivity contribution is -0.146. The topological polar surface area (TPSA) is 99.2 Å². The molecule has 4 rings (SSSR count). The maximum atomic E-state index is 12.3. The van der Waals surface area contributed by atoms with E-state index in [0.29, 0.717) is 30.3 Å². The first-order chi connectivity index (χ1) is 14.0. The second-order valence-corrected chi connectivity index (χ2v) is 6.51. The molecule has 148 valence electrons. The van der Waals surface area contributed by atoms with E-state index in [9.17, 15) is 19.2 Å². The number of ether oxygens (including phenoxy) is 3. The lowest BCUT2D eigenvalue weighted by Gasteiger charge is -2.18. The van der Waals surface area contributed by atoms with Crippen molar-refractivity contribution in [1.82, 2.24) is 4.90 Å². The van der Waals surface area contributed by atoms with Crippen LogP contribution in [0.3, 0.4) is 0 Å². The van der Waals surface area contributed by atoms with Gasteiger partial charge in [0.2, 0.25) is 0 Å². The van der Waals surface area contributed by atoms with E-state index in [2.05, 4.69) is 0 Å². The van der Waals surface area contributed by atoms with Crippen molar-refractivity contribution in [1.29, 1.82) is 0 Å². The number of fused-ring (bicyclic) bond motifs is 2. The Morgan fingerprint density at radius 1 is 0.897 bits per heavy atom. The Hall–Kier alpha value is -3.68. The average Bonchev–Trinajstić information content (AvgIpc) is 3.00. The molecule has 0 unspecified atom stereocenters. The van der Waals surface area contributed by atoms with Gasteiger partial charge in [0.05, 0.1) is 17.5 Å². The van der Waals surface area contributed by atoms with Crippen molar-refractivity contribution in [2.45, 2.75) is 12.8 Å². The zero-order valence-electron chi connectivity index (χ0n) is 15.4. The van der Waals surface area contributed by atoms with Gasteiger partial charge in [-0.25, -0.2) is 4.90 Å². The summed E-state index contributed by atoms with van der Waals surface area (Å²) in [6.07, 6.45) is -0.239. The number of ketones is 1. The summed E-state index contributed by atoms with van der Waals surface area (Å²) in [6.45, 7) is 0.386. The van der Waals surface area contributed by atoms with E-state index in [-0.39, 0.29) is 29.8 Å². The second kappa shape index (κ2) is 7.75. The van der Waals surface area contributed by atoms with E-state index in [0.717, 1.165) is 4.90 Å². The third kappa shape index (κ3) is 3.69. The zero-order chi connectivity index (χ0) is 20.4. The number of carbonyl (C=O) groups excluding carboxylic acids is 4. The standard InChI is InChI=1S/C21H17NO7/c23-16(13-5-7-17-18(11-13)28-10-9-27-17)6-8-19(24)29-12-22-20(25)14-3-1-2-4-15(14)21(22)26/h1-5,7,11H,6,8-10,12H2. The molecule has 0 fully saturated rings. The molecule has 2 aliphatic rings. The van der Waals surface area contributed by atoms with Crippen LogP contribution in [0.2, 0.25) is 0 Å². The molecule has 2 heterocycles. The van der Waals surface area contributed by atoms with Crippen molar-refractivity contribution < 1.29 is 33.4 Å². The third-order valence-corrected chi connectivity index (χ3v) is 4.65. The van der Waals surface area contributed by atoms with Crippen LogP contribution in [0.25, 0.3) is 0 Å². The van der Waals surface area contributed by atoms with Crippen molar-refractivity contribution in [2.24, 2.45) is 0 Å². The molecule has 2 amide bonds. The number of rotatable bonds is 6. The summed E-state index contributed by atoms with van der Waals surface area (Å²) in [7, 11) is 0. The summed E-state index contributed by atoms with van der Waals surface area (Å²) < 4.78 is 15.9. The second-order valence-electron chi connectivity index (χ2n) is 6.51. The Labute approximate surface area is 166 Å². The summed E-state index contributed by atoms with van der Waals surface area (Å²) in [5.41, 5.74) is 0.965. The molecule has 29 heavy (non-hydrogen) atoms. The fourth-order valence-electron chi connectivity index (χ4n) is 3.14. The van der Waals surface area contributed by atoms with Crippen molar-refractivity contribution in [3.8, 4) is 11.5 Å². The Morgan fingerprint density at radius 2 is 1.55 bits per heavy atom. The first kappa shape index (κ1) is 18.7. The van der Waals surface area contributed by atoms with Crippen molar-refractivity contribution in [2.75, 3.05) is 19.9 Å². The van der Waals surface area contributed by atoms with Gasteiger partial charge in [-0.2, -0.15) is 0 Å². The quantitative estimate of drug-likeness (QED) is 0.420. The number of imide groups is 1. The predicted octanol–water partition coefficient (Wildman–Crippen LogP) is 2.22. The monoisotopic (exact) mass is 395 g/mol. The number of hydrogen-bond donors (Lipinski definition) is 0. The summed E-state index contributed by atoms with van der Waals surface area (Å²) in [4.78, 5) is 49.6. The minimum atomic E-state index is -0.674. The summed E-state index contributed by atoms with van der Waals surface area (Å²) >= 11 is 0. The first-order valence-corrected chi connectivity index (χ1v) is 9.08. The van der Waals surface area contributed by atoms with Crippen molar-refractivity contribution in [3.05, 3.63) is 59.2 Å². The number of hydrogen-bond acceptors (Lipinski definition) is 7. The molecule has 0 aromatic heterocycles. The summed E-state index contributed by atoms with van der Waals surface area (Å²) in [5.74, 6) is -0.868. The normalized spacial score (nSPS) is 14.6. The zero-order valence-corrected chi connectivity index (χ0v) is 15.4. The molecule has 0 radical (unpaired) electrons. The highest BCUT2D eigenvalue weighted by Gasteiger charge is 2.35. The van der Waals surface area contributed by atoms with Crippen LogP contribution in [-0.2, 0) is 9.53 Å². The van der Waals surface area contributed by atoms with Gasteiger partial charge in [-0.1, -0.05) is 12.1 Å². The maximum Gasteiger partial charge on any atom is 0.307 e. The summed E-state index contributed by atoms with van der Waals surface area (Å²) in [6, 6.07) is 11.3. The van der Waals surface area contributed by atoms with Crippen LogP contribution in [0, 0.1) is 0 Å². The van der Waals surface area contributed by atoms with E-state index in [1.165, 1.54) is 0 Å². The molecule has 2 aromatic carbocycles. The molecule has 0 N–H and O–H groups in total. The molecule has 0 saturated heterocycles. The van der Waals surface area contributed by atoms with Crippen LogP contribution in [0.4, 0.5) is 0 Å². The molecular weight excluding hydrogens is 378 g/mol. The number of carbonyl (C=O) groups is 4. The van der Waals surface area contributed by atoms with Gasteiger partial charge in [0.25, 0.3) is 11.8 Å². The largest absolute Gasteiger partial charge is 0.486 e. The molecule has 2 aromatic rings. The molecule has 0 aliphatic carbocycles. The molecule has 0 saturated carbocycles. The van der Waals surface area contributed by atoms with E-state index in [4.69, 9.17) is 14.2 Å². The molecule has 2 aliphatic heterocycles. The predicted molar refractivity (Wildman–Crippen MR) is 98.9 cm³/mol. The maximum absolute atomic E-state index is 12.3. The highest BCUT2D eigenvalue weighted by molar-refractivity contribution is 6.21. The van der Waals surface area contributed by atoms with Gasteiger partial charge < -0.3 is 14.2 Å². The van der Waals surface area contributed by atoms with Gasteiger partial charge in [-0.3, -0.25) is 19.2 Å². The Bertz CT molecular complexity index is 979. The molecule has 8 nitrogen and oxygen atoms in total. The van der Waals surface area contributed by atoms with Crippen LogP contribution in [0.1, 0.15) is 43.9 Å². The first-order valence-electron chi connectivity index (χ1n) is 9.08. The van der Waals surface area contributed by atoms with E-state index >= 15 is 0 Å². The molecule has 0 spiro atoms. The van der Waals surface area contributed by atoms with E-state index in [1.54, 1.807) is 42.5 Å². The summed E-state index contributed by atoms with van der Waals surface area (Å²) in [5, 5.41) is 0. The Morgan fingerprint density at radius 3 is 2.24 bits per heavy atom. The van der Waals surface area contributed by atoms with Gasteiger partial charge in [-0.05, 0) is 30.3 Å². The minimum absolute atomic E-state index is 0.0689. The highest BCUT2D eigenvalue weighted by Crippen LogP contribution is 2.31. The van der Waals surface area contributed by atoms with Crippen LogP contribution < -0.4 is 9.47 Å². The van der Waals surface area contributed by atoms with Crippen molar-refractivity contribution >= 4 is 23.6 Å². The number of benzene rings is 2. The van der Waals surface area contributed by atoms with E-state index < -0.39 is 24.5 Å². The van der Waals surface area contributed by atoms with E-state index in [1.807, 2.05) is 0 Å². The fraction of sp³-hybridized carbons (Fsp3) is 0.238. The lowest BCUT2D eigenvalue weighted by atomic mass is 10.1. The van der Waals surface area contributed by atoms with Crippen LogP contribution >= 0.6 is 0 Å². The number of nitrogens with zero attached hydrogens (tertiary/aromatic N) is 1. The SMILES string of the molecule is O=C(CCC(=O)c1ccc2c(c1)OCCO2)OCN1C(=O)c2ccccc2C1=O. The van der Waals surface area contributed by atoms with Crippen LogP contribution in [0.15, 0.2) is 42.5 Å². The van der Waals surface area contributed by atoms with Gasteiger partial charge in [-0.15, -0.1) is 0 Å². The number of amides is 2. The molecule has 8 heteroatoms. The highest BCUT2D eigenvalue weighted by atomic mass is 16.6. The minimum Gasteiger partial charge on any atom is -0.486 e. The Kier molecular flexibility index (Phi) is 4.99. The number of esters is 1. The van der Waals surface area contributed by atoms with Gasteiger partial charge in [0.15, 0.2) is 24.0 Å². The van der Waals surface area contributed by atoms with Crippen LogP contribution in [-0.4, -0.2) is 48.4 Å². The Balaban J connectivity index is 1.29. The average molecular weight is 395 g/mol. The van der Waals surface area contributed by atoms with Gasteiger partial charge in [0.1, 0.15) is 13.2 Å². The third-order valence-electron chi connectivity index (χ3n) is 4.65. The van der Waals surface area contributed by atoms with Gasteiger partial charge in [0, 0.05) is 12.0 Å². The van der Waals surface area contributed by atoms with Crippen molar-refractivity contribution in [3.63, 3.8) is 0 Å². The fourth-order valence-corrected chi connectivity index (χ4v) is 3.14. The van der Waals surface area contributed by atoms with Crippen LogP contribution in [0.5, 0.6) is 11.5 Å².